The van der Waals surface area contributed by atoms with Gasteiger partial charge in [-0.2, -0.15) is 0 Å². The van der Waals surface area contributed by atoms with Crippen LogP contribution in [0.3, 0.4) is 0 Å². The van der Waals surface area contributed by atoms with Crippen molar-refractivity contribution >= 4 is 0 Å². The molecule has 0 bridgehead atoms. The second-order valence-electron chi connectivity index (χ2n) is 3.50. The highest BCUT2D eigenvalue weighted by Crippen LogP contribution is 2.23. The molecular formula is C11H22F. The zero-order valence-electron chi connectivity index (χ0n) is 8.32. The molecule has 0 atom stereocenters. The van der Waals surface area contributed by atoms with E-state index < -0.39 is 0 Å². The Balaban J connectivity index is 0.000000561. The molecule has 0 aromatic carbocycles. The molecule has 12 heavy (non-hydrogen) atoms. The molecule has 0 amide bonds. The van der Waals surface area contributed by atoms with E-state index >= 15 is 0 Å². The predicted octanol–water partition coefficient (Wildman–Crippen LogP) is 4.16. The maximum Gasteiger partial charge on any atom is 0.0785 e. The van der Waals surface area contributed by atoms with Crippen LogP contribution >= 0.6 is 0 Å². The van der Waals surface area contributed by atoms with E-state index in [0.717, 1.165) is 5.92 Å². The van der Waals surface area contributed by atoms with Crippen LogP contribution in [-0.2, 0) is 0 Å². The molecular weight excluding hydrogens is 151 g/mol. The van der Waals surface area contributed by atoms with Crippen LogP contribution in [-0.4, -0.2) is 7.18 Å². The van der Waals surface area contributed by atoms with Gasteiger partial charge >= 0.3 is 0 Å². The zero-order chi connectivity index (χ0) is 9.23. The van der Waals surface area contributed by atoms with E-state index in [0.29, 0.717) is 7.18 Å². The molecule has 1 rings (SSSR count). The maximum absolute atomic E-state index is 9.50. The zero-order valence-corrected chi connectivity index (χ0v) is 8.32. The van der Waals surface area contributed by atoms with Crippen molar-refractivity contribution in [2.75, 3.05) is 7.18 Å². The van der Waals surface area contributed by atoms with Crippen LogP contribution in [0.4, 0.5) is 4.39 Å². The van der Waals surface area contributed by atoms with Gasteiger partial charge in [0.15, 0.2) is 0 Å². The van der Waals surface area contributed by atoms with Crippen molar-refractivity contribution in [2.45, 2.75) is 51.4 Å². The third-order valence-electron chi connectivity index (χ3n) is 2.63. The van der Waals surface area contributed by atoms with Gasteiger partial charge in [-0.25, -0.2) is 0 Å². The van der Waals surface area contributed by atoms with E-state index in [-0.39, 0.29) is 0 Å². The fourth-order valence-electron chi connectivity index (χ4n) is 1.83. The van der Waals surface area contributed by atoms with Gasteiger partial charge in [0.05, 0.1) is 7.18 Å². The highest BCUT2D eigenvalue weighted by Gasteiger charge is 2.07. The van der Waals surface area contributed by atoms with Crippen molar-refractivity contribution in [2.24, 2.45) is 5.92 Å². The molecule has 0 saturated heterocycles. The first-order valence-corrected chi connectivity index (χ1v) is 5.10. The summed E-state index contributed by atoms with van der Waals surface area (Å²) in [5, 5.41) is 0. The van der Waals surface area contributed by atoms with Crippen LogP contribution in [0.2, 0.25) is 0 Å². The molecule has 1 saturated carbocycles. The predicted molar refractivity (Wildman–Crippen MR) is 52.8 cm³/mol. The lowest BCUT2D eigenvalue weighted by Gasteiger charge is -2.17. The molecule has 1 heteroatoms. The Morgan fingerprint density at radius 2 is 1.42 bits per heavy atom. The monoisotopic (exact) mass is 173 g/mol. The number of rotatable bonds is 1. The van der Waals surface area contributed by atoms with Gasteiger partial charge in [-0.3, -0.25) is 4.39 Å². The molecule has 0 aromatic rings. The Bertz CT molecular complexity index is 73.1. The fourth-order valence-corrected chi connectivity index (χ4v) is 1.83. The van der Waals surface area contributed by atoms with Gasteiger partial charge in [0, 0.05) is 0 Å². The normalized spacial score (nSPS) is 20.2. The summed E-state index contributed by atoms with van der Waals surface area (Å²) in [6.07, 6.45) is 11.4. The van der Waals surface area contributed by atoms with E-state index in [1.165, 1.54) is 51.4 Å². The second kappa shape index (κ2) is 9.02. The molecule has 1 aliphatic rings. The summed E-state index contributed by atoms with van der Waals surface area (Å²) in [6, 6.07) is 0. The van der Waals surface area contributed by atoms with E-state index in [4.69, 9.17) is 0 Å². The minimum absolute atomic E-state index is 0.500. The van der Waals surface area contributed by atoms with Crippen molar-refractivity contribution < 1.29 is 4.39 Å². The average Bonchev–Trinajstić information content (AvgIpc) is 2.08. The summed E-state index contributed by atoms with van der Waals surface area (Å²) in [5.74, 6) is 0.959. The third-order valence-corrected chi connectivity index (χ3v) is 2.63. The molecule has 1 fully saturated rings. The summed E-state index contributed by atoms with van der Waals surface area (Å²) in [7, 11) is 0.500. The molecule has 0 unspecified atom stereocenters. The standard InChI is InChI=1S/C10H19.CH3F/c1-2-10-8-6-4-3-5-7-9-10;1-2/h10H,1-9H2;1H3. The van der Waals surface area contributed by atoms with Gasteiger partial charge in [-0.05, 0) is 5.92 Å². The smallest absolute Gasteiger partial charge is 0.0785 e. The van der Waals surface area contributed by atoms with Crippen LogP contribution in [0.1, 0.15) is 51.4 Å². The average molecular weight is 173 g/mol. The lowest BCUT2D eigenvalue weighted by atomic mass is 9.90. The largest absolute Gasteiger partial charge is 0.255 e. The van der Waals surface area contributed by atoms with Gasteiger partial charge in [0.25, 0.3) is 0 Å². The number of hydrogen-bond donors (Lipinski definition) is 0. The van der Waals surface area contributed by atoms with Crippen molar-refractivity contribution in [3.05, 3.63) is 6.92 Å². The van der Waals surface area contributed by atoms with E-state index in [2.05, 4.69) is 6.92 Å². The fraction of sp³-hybridized carbons (Fsp3) is 0.909. The number of halogens is 1. The Labute approximate surface area is 76.6 Å². The lowest BCUT2D eigenvalue weighted by Crippen LogP contribution is -2.01. The Kier molecular flexibility index (Phi) is 8.97. The molecule has 0 aliphatic heterocycles. The van der Waals surface area contributed by atoms with Crippen LogP contribution in [0.25, 0.3) is 0 Å². The lowest BCUT2D eigenvalue weighted by molar-refractivity contribution is 0.380. The van der Waals surface area contributed by atoms with Gasteiger partial charge < -0.3 is 0 Å². The van der Waals surface area contributed by atoms with E-state index in [1.807, 2.05) is 0 Å². The van der Waals surface area contributed by atoms with Crippen molar-refractivity contribution in [3.63, 3.8) is 0 Å². The summed E-state index contributed by atoms with van der Waals surface area (Å²) in [6.45, 7) is 3.98. The minimum Gasteiger partial charge on any atom is -0.255 e. The van der Waals surface area contributed by atoms with Crippen molar-refractivity contribution in [1.29, 1.82) is 0 Å². The van der Waals surface area contributed by atoms with Gasteiger partial charge in [0.2, 0.25) is 0 Å². The minimum atomic E-state index is 0.500. The third kappa shape index (κ3) is 5.56. The molecule has 0 heterocycles. The summed E-state index contributed by atoms with van der Waals surface area (Å²) in [5.41, 5.74) is 0. The second-order valence-corrected chi connectivity index (χ2v) is 3.50. The van der Waals surface area contributed by atoms with Crippen LogP contribution in [0.15, 0.2) is 0 Å². The van der Waals surface area contributed by atoms with E-state index in [1.54, 1.807) is 0 Å². The Hall–Kier alpha value is -0.0700. The molecule has 0 aromatic heterocycles. The molecule has 0 spiro atoms. The summed E-state index contributed by atoms with van der Waals surface area (Å²) in [4.78, 5) is 0. The quantitative estimate of drug-likeness (QED) is 0.558. The van der Waals surface area contributed by atoms with Gasteiger partial charge in [0.1, 0.15) is 0 Å². The number of hydrogen-bond acceptors (Lipinski definition) is 0. The topological polar surface area (TPSA) is 0 Å². The summed E-state index contributed by atoms with van der Waals surface area (Å²) < 4.78 is 9.50. The van der Waals surface area contributed by atoms with Crippen LogP contribution in [0, 0.1) is 12.8 Å². The Morgan fingerprint density at radius 1 is 1.00 bits per heavy atom. The highest BCUT2D eigenvalue weighted by atomic mass is 19.1. The van der Waals surface area contributed by atoms with Gasteiger partial charge in [-0.15, -0.1) is 0 Å². The molecule has 1 radical (unpaired) electrons. The maximum atomic E-state index is 9.50. The van der Waals surface area contributed by atoms with E-state index in [9.17, 15) is 4.39 Å². The molecule has 1 aliphatic carbocycles. The first-order valence-electron chi connectivity index (χ1n) is 5.10. The van der Waals surface area contributed by atoms with Gasteiger partial charge in [-0.1, -0.05) is 58.3 Å². The molecule has 73 valence electrons. The first kappa shape index (κ1) is 11.9. The van der Waals surface area contributed by atoms with Crippen molar-refractivity contribution in [1.82, 2.24) is 0 Å². The molecule has 0 nitrogen and oxygen atoms in total. The summed E-state index contributed by atoms with van der Waals surface area (Å²) >= 11 is 0. The number of alkyl halides is 1. The SMILES string of the molecule is CF.[CH2]CC1CCCCCCC1. The Morgan fingerprint density at radius 3 is 1.83 bits per heavy atom. The van der Waals surface area contributed by atoms with Crippen LogP contribution < -0.4 is 0 Å². The highest BCUT2D eigenvalue weighted by molar-refractivity contribution is 4.64. The van der Waals surface area contributed by atoms with Crippen molar-refractivity contribution in [3.8, 4) is 0 Å². The first-order chi connectivity index (χ1) is 5.93. The molecule has 0 N–H and O–H groups in total. The van der Waals surface area contributed by atoms with Crippen LogP contribution in [0.5, 0.6) is 0 Å².